The minimum atomic E-state index is -0.666. The fourth-order valence-electron chi connectivity index (χ4n) is 6.14. The van der Waals surface area contributed by atoms with E-state index in [1.54, 1.807) is 11.8 Å². The summed E-state index contributed by atoms with van der Waals surface area (Å²) in [5.41, 5.74) is 0.390. The molecule has 1 N–H and O–H groups in total. The van der Waals surface area contributed by atoms with Crippen molar-refractivity contribution in [1.82, 2.24) is 4.98 Å². The third kappa shape index (κ3) is 3.12. The summed E-state index contributed by atoms with van der Waals surface area (Å²) in [6, 6.07) is 8.03. The first-order valence-electron chi connectivity index (χ1n) is 9.91. The van der Waals surface area contributed by atoms with Crippen LogP contribution in [0.2, 0.25) is 5.15 Å². The molecule has 4 saturated carbocycles. The zero-order valence-electron chi connectivity index (χ0n) is 15.9. The van der Waals surface area contributed by atoms with Crippen LogP contribution in [0, 0.1) is 17.3 Å². The molecule has 1 aromatic carbocycles. The molecule has 148 valence electrons. The van der Waals surface area contributed by atoms with Crippen molar-refractivity contribution in [3.8, 4) is 0 Å². The Morgan fingerprint density at radius 2 is 2.04 bits per heavy atom. The number of carbonyl (C=O) groups is 1. The lowest BCUT2D eigenvalue weighted by atomic mass is 9.48. The predicted octanol–water partition coefficient (Wildman–Crippen LogP) is 4.98. The van der Waals surface area contributed by atoms with Crippen LogP contribution in [0.4, 0.5) is 0 Å². The van der Waals surface area contributed by atoms with Crippen LogP contribution >= 0.6 is 23.4 Å². The molecular weight excluding hydrogens is 394 g/mol. The van der Waals surface area contributed by atoms with E-state index < -0.39 is 11.0 Å². The summed E-state index contributed by atoms with van der Waals surface area (Å²) in [6.45, 7) is 0.125. The zero-order valence-corrected chi connectivity index (χ0v) is 17.5. The standard InChI is InChI=1S/C22H24ClNO3S/c1-28-17-3-2-15-5-16(19(23)24-18(15)6-17)11-27-20(25)21-7-13-4-14(8-21)10-22(26,9-13)12-21/h2-3,5-6,13-14,26H,4,7-12H2,1H3/t13-,14+,21?,22?. The molecule has 4 atom stereocenters. The number of hydrogen-bond acceptors (Lipinski definition) is 5. The number of hydrogen-bond donors (Lipinski definition) is 1. The molecule has 4 aliphatic rings. The van der Waals surface area contributed by atoms with Crippen LogP contribution in [0.1, 0.15) is 44.1 Å². The average Bonchev–Trinajstić information content (AvgIpc) is 2.63. The number of benzene rings is 1. The van der Waals surface area contributed by atoms with Crippen LogP contribution in [0.3, 0.4) is 0 Å². The van der Waals surface area contributed by atoms with Gasteiger partial charge >= 0.3 is 5.97 Å². The van der Waals surface area contributed by atoms with Crippen molar-refractivity contribution < 1.29 is 14.6 Å². The minimum absolute atomic E-state index is 0.125. The van der Waals surface area contributed by atoms with Crippen molar-refractivity contribution in [1.29, 1.82) is 0 Å². The van der Waals surface area contributed by atoms with Crippen molar-refractivity contribution in [2.75, 3.05) is 6.26 Å². The summed E-state index contributed by atoms with van der Waals surface area (Å²) in [7, 11) is 0. The highest BCUT2D eigenvalue weighted by Crippen LogP contribution is 2.62. The third-order valence-corrected chi connectivity index (χ3v) is 7.93. The van der Waals surface area contributed by atoms with E-state index in [1.807, 2.05) is 24.5 Å². The number of halogens is 1. The van der Waals surface area contributed by atoms with Crippen LogP contribution in [0.25, 0.3) is 10.9 Å². The lowest BCUT2D eigenvalue weighted by Gasteiger charge is -2.58. The highest BCUT2D eigenvalue weighted by Gasteiger charge is 2.60. The number of fused-ring (bicyclic) bond motifs is 1. The minimum Gasteiger partial charge on any atom is -0.460 e. The molecule has 1 aromatic heterocycles. The van der Waals surface area contributed by atoms with Crippen LogP contribution in [-0.4, -0.2) is 27.9 Å². The second kappa shape index (κ2) is 6.61. The molecule has 4 fully saturated rings. The van der Waals surface area contributed by atoms with Crippen molar-refractivity contribution in [3.05, 3.63) is 35.0 Å². The monoisotopic (exact) mass is 417 g/mol. The molecule has 4 aliphatic carbocycles. The van der Waals surface area contributed by atoms with Gasteiger partial charge in [0.1, 0.15) is 11.8 Å². The van der Waals surface area contributed by atoms with E-state index in [-0.39, 0.29) is 12.6 Å². The molecule has 2 aromatic rings. The van der Waals surface area contributed by atoms with Gasteiger partial charge in [0.05, 0.1) is 16.5 Å². The number of nitrogens with zero attached hydrogens (tertiary/aromatic N) is 1. The molecule has 1 heterocycles. The molecule has 6 heteroatoms. The van der Waals surface area contributed by atoms with Gasteiger partial charge in [-0.2, -0.15) is 0 Å². The Morgan fingerprint density at radius 3 is 2.71 bits per heavy atom. The smallest absolute Gasteiger partial charge is 0.312 e. The number of ether oxygens (including phenoxy) is 1. The van der Waals surface area contributed by atoms with Gasteiger partial charge in [0, 0.05) is 15.8 Å². The van der Waals surface area contributed by atoms with E-state index in [0.29, 0.717) is 23.4 Å². The molecule has 2 unspecified atom stereocenters. The summed E-state index contributed by atoms with van der Waals surface area (Å²) in [5, 5.41) is 12.2. The van der Waals surface area contributed by atoms with E-state index in [2.05, 4.69) is 11.1 Å². The number of thioether (sulfide) groups is 1. The van der Waals surface area contributed by atoms with Crippen molar-refractivity contribution in [2.24, 2.45) is 17.3 Å². The van der Waals surface area contributed by atoms with E-state index in [4.69, 9.17) is 16.3 Å². The Balaban J connectivity index is 1.35. The average molecular weight is 418 g/mol. The fraction of sp³-hybridized carbons (Fsp3) is 0.545. The first-order chi connectivity index (χ1) is 13.4. The topological polar surface area (TPSA) is 59.4 Å². The number of rotatable bonds is 4. The van der Waals surface area contributed by atoms with E-state index in [1.165, 1.54) is 0 Å². The van der Waals surface area contributed by atoms with Crippen LogP contribution < -0.4 is 0 Å². The summed E-state index contributed by atoms with van der Waals surface area (Å²) < 4.78 is 5.75. The Hall–Kier alpha value is -1.30. The molecule has 0 saturated heterocycles. The van der Waals surface area contributed by atoms with Crippen LogP contribution in [-0.2, 0) is 16.1 Å². The fourth-order valence-corrected chi connectivity index (χ4v) is 6.78. The Morgan fingerprint density at radius 1 is 1.29 bits per heavy atom. The third-order valence-electron chi connectivity index (χ3n) is 6.87. The Labute approximate surface area is 174 Å². The van der Waals surface area contributed by atoms with Gasteiger partial charge in [0.25, 0.3) is 0 Å². The number of pyridine rings is 1. The number of carbonyl (C=O) groups excluding carboxylic acids is 1. The van der Waals surface area contributed by atoms with Gasteiger partial charge in [-0.1, -0.05) is 17.7 Å². The zero-order chi connectivity index (χ0) is 19.5. The maximum Gasteiger partial charge on any atom is 0.312 e. The number of aromatic nitrogens is 1. The van der Waals surface area contributed by atoms with E-state index in [9.17, 15) is 9.90 Å². The molecule has 0 aliphatic heterocycles. The first kappa shape index (κ1) is 18.7. The highest BCUT2D eigenvalue weighted by atomic mass is 35.5. The molecule has 0 amide bonds. The second-order valence-corrected chi connectivity index (χ2v) is 10.3. The van der Waals surface area contributed by atoms with Gasteiger partial charge in [-0.25, -0.2) is 4.98 Å². The molecule has 0 spiro atoms. The molecule has 28 heavy (non-hydrogen) atoms. The summed E-state index contributed by atoms with van der Waals surface area (Å²) in [6.07, 6.45) is 7.12. The van der Waals surface area contributed by atoms with Gasteiger partial charge in [-0.05, 0) is 74.8 Å². The number of aliphatic hydroxyl groups is 1. The van der Waals surface area contributed by atoms with Crippen LogP contribution in [0.5, 0.6) is 0 Å². The van der Waals surface area contributed by atoms with Crippen molar-refractivity contribution >= 4 is 40.2 Å². The SMILES string of the molecule is CSc1ccc2cc(COC(=O)C34C[C@@H]5C[C@@H](CC(O)(C5)C3)C4)c(Cl)nc2c1. The van der Waals surface area contributed by atoms with Gasteiger partial charge < -0.3 is 9.84 Å². The normalized spacial score (nSPS) is 33.4. The maximum absolute atomic E-state index is 13.1. The van der Waals surface area contributed by atoms with Gasteiger partial charge in [-0.15, -0.1) is 11.8 Å². The Bertz CT molecular complexity index is 948. The van der Waals surface area contributed by atoms with Crippen molar-refractivity contribution in [3.63, 3.8) is 0 Å². The van der Waals surface area contributed by atoms with Crippen LogP contribution in [0.15, 0.2) is 29.2 Å². The van der Waals surface area contributed by atoms with E-state index in [0.717, 1.165) is 53.5 Å². The molecule has 4 bridgehead atoms. The summed E-state index contributed by atoms with van der Waals surface area (Å²) in [4.78, 5) is 18.7. The summed E-state index contributed by atoms with van der Waals surface area (Å²) in [5.74, 6) is 0.736. The summed E-state index contributed by atoms with van der Waals surface area (Å²) >= 11 is 8.04. The van der Waals surface area contributed by atoms with Gasteiger partial charge in [-0.3, -0.25) is 4.79 Å². The first-order valence-corrected chi connectivity index (χ1v) is 11.5. The Kier molecular flexibility index (Phi) is 4.42. The quantitative estimate of drug-likeness (QED) is 0.431. The lowest BCUT2D eigenvalue weighted by molar-refractivity contribution is -0.197. The van der Waals surface area contributed by atoms with Gasteiger partial charge in [0.15, 0.2) is 0 Å². The molecule has 6 rings (SSSR count). The molecule has 4 nitrogen and oxygen atoms in total. The highest BCUT2D eigenvalue weighted by molar-refractivity contribution is 7.98. The second-order valence-electron chi connectivity index (χ2n) is 9.04. The van der Waals surface area contributed by atoms with Gasteiger partial charge in [0.2, 0.25) is 0 Å². The molecular formula is C22H24ClNO3S. The van der Waals surface area contributed by atoms with Crippen molar-refractivity contribution in [2.45, 2.75) is 55.6 Å². The number of esters is 1. The van der Waals surface area contributed by atoms with E-state index >= 15 is 0 Å². The maximum atomic E-state index is 13.1. The lowest BCUT2D eigenvalue weighted by Crippen LogP contribution is -2.58. The predicted molar refractivity (Wildman–Crippen MR) is 110 cm³/mol. The largest absolute Gasteiger partial charge is 0.460 e. The molecule has 0 radical (unpaired) electrons.